The number of carbonyl (C=O) groups is 1. The van der Waals surface area contributed by atoms with Crippen molar-refractivity contribution in [2.45, 2.75) is 51.4 Å². The molecule has 0 N–H and O–H groups in total. The first-order valence-corrected chi connectivity index (χ1v) is 11.2. The predicted octanol–water partition coefficient (Wildman–Crippen LogP) is 5.49. The third kappa shape index (κ3) is 4.15. The van der Waals surface area contributed by atoms with Crippen molar-refractivity contribution in [2.24, 2.45) is 0 Å². The van der Waals surface area contributed by atoms with Crippen LogP contribution in [0.1, 0.15) is 49.3 Å². The Morgan fingerprint density at radius 2 is 1.74 bits per heavy atom. The second-order valence-electron chi connectivity index (χ2n) is 8.33. The molecule has 2 atom stereocenters. The quantitative estimate of drug-likeness (QED) is 0.478. The van der Waals surface area contributed by atoms with E-state index in [-0.39, 0.29) is 34.1 Å². The van der Waals surface area contributed by atoms with E-state index in [0.29, 0.717) is 21.6 Å². The molecule has 3 aromatic rings. The molecule has 0 aliphatic carbocycles. The topological polar surface area (TPSA) is 69.0 Å². The minimum Gasteiger partial charge on any atom is -0.493 e. The normalized spacial score (nSPS) is 18.9. The first-order chi connectivity index (χ1) is 16.1. The molecule has 0 saturated carbocycles. The molecule has 0 spiro atoms. The van der Waals surface area contributed by atoms with E-state index in [9.17, 15) is 18.0 Å². The second-order valence-corrected chi connectivity index (χ2v) is 8.71. The van der Waals surface area contributed by atoms with Crippen LogP contribution in [0.25, 0.3) is 16.9 Å². The van der Waals surface area contributed by atoms with Gasteiger partial charge in [-0.05, 0) is 57.4 Å². The van der Waals surface area contributed by atoms with Gasteiger partial charge in [-0.3, -0.25) is 4.79 Å². The van der Waals surface area contributed by atoms with Crippen LogP contribution < -0.4 is 9.47 Å². The molecule has 1 aromatic carbocycles. The number of benzene rings is 1. The molecular weight excluding hydrogens is 473 g/mol. The lowest BCUT2D eigenvalue weighted by Crippen LogP contribution is -2.47. The van der Waals surface area contributed by atoms with E-state index in [0.717, 1.165) is 25.3 Å². The van der Waals surface area contributed by atoms with Gasteiger partial charge in [-0.25, -0.2) is 9.50 Å². The number of rotatable bonds is 4. The summed E-state index contributed by atoms with van der Waals surface area (Å²) in [5, 5.41) is 3.77. The van der Waals surface area contributed by atoms with Crippen LogP contribution in [-0.2, 0) is 6.18 Å². The van der Waals surface area contributed by atoms with Crippen molar-refractivity contribution in [3.05, 3.63) is 40.7 Å². The van der Waals surface area contributed by atoms with E-state index >= 15 is 0 Å². The van der Waals surface area contributed by atoms with Crippen molar-refractivity contribution in [1.29, 1.82) is 0 Å². The summed E-state index contributed by atoms with van der Waals surface area (Å²) in [6.07, 6.45) is -2.19. The van der Waals surface area contributed by atoms with E-state index in [2.05, 4.69) is 10.1 Å². The maximum Gasteiger partial charge on any atom is 0.433 e. The van der Waals surface area contributed by atoms with E-state index in [1.54, 1.807) is 17.0 Å². The lowest BCUT2D eigenvalue weighted by atomic mass is 9.97. The minimum atomic E-state index is -4.77. The highest BCUT2D eigenvalue weighted by atomic mass is 35.5. The summed E-state index contributed by atoms with van der Waals surface area (Å²) in [5.74, 6) is 0.248. The molecule has 3 heterocycles. The number of piperidine rings is 1. The molecular formula is C23H24ClF3N4O3. The number of halogens is 4. The standard InChI is InChI=1S/C23H24ClF3N4O3/c1-12-6-5-7-13(2)30(12)22(32)20-19(24)21-28-15(11-18(23(25,26)27)31(21)29-20)14-8-9-16(33-3)17(10-14)34-4/h8-13H,5-7H2,1-4H3. The summed E-state index contributed by atoms with van der Waals surface area (Å²) in [4.78, 5) is 19.3. The zero-order chi connectivity index (χ0) is 24.8. The van der Waals surface area contributed by atoms with E-state index in [4.69, 9.17) is 21.1 Å². The number of amides is 1. The van der Waals surface area contributed by atoms with E-state index in [1.165, 1.54) is 20.3 Å². The fraction of sp³-hybridized carbons (Fsp3) is 0.435. The Hall–Kier alpha value is -3.01. The second kappa shape index (κ2) is 8.98. The summed E-state index contributed by atoms with van der Waals surface area (Å²) in [6.45, 7) is 3.82. The number of hydrogen-bond acceptors (Lipinski definition) is 5. The number of methoxy groups -OCH3 is 2. The first-order valence-electron chi connectivity index (χ1n) is 10.8. The molecule has 4 rings (SSSR count). The fourth-order valence-corrected chi connectivity index (χ4v) is 4.66. The fourth-order valence-electron chi connectivity index (χ4n) is 4.42. The molecule has 0 radical (unpaired) electrons. The summed E-state index contributed by atoms with van der Waals surface area (Å²) in [5.41, 5.74) is -1.23. The van der Waals surface area contributed by atoms with Crippen molar-refractivity contribution in [2.75, 3.05) is 14.2 Å². The molecule has 11 heteroatoms. The Morgan fingerprint density at radius 1 is 1.09 bits per heavy atom. The average Bonchev–Trinajstić information content (AvgIpc) is 3.13. The smallest absolute Gasteiger partial charge is 0.433 e. The Labute approximate surface area is 199 Å². The Kier molecular flexibility index (Phi) is 6.37. The lowest BCUT2D eigenvalue weighted by Gasteiger charge is -2.38. The van der Waals surface area contributed by atoms with Crippen molar-refractivity contribution in [3.63, 3.8) is 0 Å². The van der Waals surface area contributed by atoms with Gasteiger partial charge in [-0.2, -0.15) is 18.3 Å². The average molecular weight is 497 g/mol. The molecule has 7 nitrogen and oxygen atoms in total. The predicted molar refractivity (Wildman–Crippen MR) is 120 cm³/mol. The molecule has 1 aliphatic rings. The Balaban J connectivity index is 1.89. The van der Waals surface area contributed by atoms with Gasteiger partial charge in [0.25, 0.3) is 5.91 Å². The zero-order valence-electron chi connectivity index (χ0n) is 19.1. The molecule has 1 aliphatic heterocycles. The highest BCUT2D eigenvalue weighted by molar-refractivity contribution is 6.36. The summed E-state index contributed by atoms with van der Waals surface area (Å²) in [7, 11) is 2.88. The Bertz CT molecular complexity index is 1230. The van der Waals surface area contributed by atoms with Gasteiger partial charge in [-0.15, -0.1) is 0 Å². The molecule has 34 heavy (non-hydrogen) atoms. The van der Waals surface area contributed by atoms with Crippen LogP contribution >= 0.6 is 11.6 Å². The number of likely N-dealkylation sites (tertiary alicyclic amines) is 1. The van der Waals surface area contributed by atoms with Gasteiger partial charge in [0.2, 0.25) is 0 Å². The summed E-state index contributed by atoms with van der Waals surface area (Å²) >= 11 is 6.45. The number of fused-ring (bicyclic) bond motifs is 1. The van der Waals surface area contributed by atoms with Crippen LogP contribution in [0.4, 0.5) is 13.2 Å². The molecule has 2 aromatic heterocycles. The van der Waals surface area contributed by atoms with Crippen molar-refractivity contribution < 1.29 is 27.4 Å². The molecule has 1 amide bonds. The number of alkyl halides is 3. The SMILES string of the molecule is COc1ccc(-c2cc(C(F)(F)F)n3nc(C(=O)N4C(C)CCCC4C)c(Cl)c3n2)cc1OC. The molecule has 2 unspecified atom stereocenters. The van der Waals surface area contributed by atoms with Crippen LogP contribution in [-0.4, -0.2) is 51.7 Å². The first kappa shape index (κ1) is 24.1. The lowest BCUT2D eigenvalue weighted by molar-refractivity contribution is -0.142. The van der Waals surface area contributed by atoms with Gasteiger partial charge in [0, 0.05) is 17.6 Å². The maximum absolute atomic E-state index is 14.0. The zero-order valence-corrected chi connectivity index (χ0v) is 19.9. The van der Waals surface area contributed by atoms with Crippen LogP contribution in [0.3, 0.4) is 0 Å². The van der Waals surface area contributed by atoms with Crippen LogP contribution in [0, 0.1) is 0 Å². The van der Waals surface area contributed by atoms with Crippen molar-refractivity contribution in [3.8, 4) is 22.8 Å². The van der Waals surface area contributed by atoms with Gasteiger partial charge in [0.15, 0.2) is 28.5 Å². The third-order valence-electron chi connectivity index (χ3n) is 6.13. The third-order valence-corrected chi connectivity index (χ3v) is 6.48. The van der Waals surface area contributed by atoms with Crippen molar-refractivity contribution in [1.82, 2.24) is 19.5 Å². The molecule has 1 fully saturated rings. The number of nitrogens with zero attached hydrogens (tertiary/aromatic N) is 4. The van der Waals surface area contributed by atoms with Gasteiger partial charge < -0.3 is 14.4 Å². The van der Waals surface area contributed by atoms with E-state index < -0.39 is 17.8 Å². The molecule has 182 valence electrons. The molecule has 1 saturated heterocycles. The van der Waals surface area contributed by atoms with Gasteiger partial charge >= 0.3 is 6.18 Å². The monoisotopic (exact) mass is 496 g/mol. The number of hydrogen-bond donors (Lipinski definition) is 0. The van der Waals surface area contributed by atoms with Crippen LogP contribution in [0.2, 0.25) is 5.02 Å². The summed E-state index contributed by atoms with van der Waals surface area (Å²) in [6, 6.07) is 5.38. The van der Waals surface area contributed by atoms with Crippen molar-refractivity contribution >= 4 is 23.2 Å². The van der Waals surface area contributed by atoms with Crippen LogP contribution in [0.15, 0.2) is 24.3 Å². The van der Waals surface area contributed by atoms with Gasteiger partial charge in [0.05, 0.1) is 19.9 Å². The highest BCUT2D eigenvalue weighted by Crippen LogP contribution is 2.37. The summed E-state index contributed by atoms with van der Waals surface area (Å²) < 4.78 is 53.1. The number of carbonyl (C=O) groups excluding carboxylic acids is 1. The number of ether oxygens (including phenoxy) is 2. The maximum atomic E-state index is 14.0. The van der Waals surface area contributed by atoms with Crippen LogP contribution in [0.5, 0.6) is 11.5 Å². The van der Waals surface area contributed by atoms with Gasteiger partial charge in [0.1, 0.15) is 5.02 Å². The molecule has 0 bridgehead atoms. The Morgan fingerprint density at radius 3 is 2.32 bits per heavy atom. The van der Waals surface area contributed by atoms with E-state index in [1.807, 2.05) is 13.8 Å². The minimum absolute atomic E-state index is 0.00119. The number of aromatic nitrogens is 3. The highest BCUT2D eigenvalue weighted by Gasteiger charge is 2.38. The largest absolute Gasteiger partial charge is 0.493 e. The van der Waals surface area contributed by atoms with Gasteiger partial charge in [-0.1, -0.05) is 11.6 Å².